The molecule has 2 heterocycles. The molecule has 0 aliphatic heterocycles. The number of sulfone groups is 1. The third kappa shape index (κ3) is 6.27. The van der Waals surface area contributed by atoms with Crippen LogP contribution in [0.15, 0.2) is 35.7 Å². The Balaban J connectivity index is 0.00000256. The molecule has 10 nitrogen and oxygen atoms in total. The molecule has 0 bridgehead atoms. The van der Waals surface area contributed by atoms with Gasteiger partial charge >= 0.3 is 0 Å². The minimum atomic E-state index is -3.71. The van der Waals surface area contributed by atoms with Gasteiger partial charge in [-0.1, -0.05) is 17.3 Å². The topological polar surface area (TPSA) is 129 Å². The van der Waals surface area contributed by atoms with Gasteiger partial charge in [-0.3, -0.25) is 0 Å². The van der Waals surface area contributed by atoms with Crippen LogP contribution in [0.5, 0.6) is 0 Å². The fourth-order valence-electron chi connectivity index (χ4n) is 2.02. The summed E-state index contributed by atoms with van der Waals surface area (Å²) < 4.78 is 40.2. The van der Waals surface area contributed by atoms with E-state index in [2.05, 4.69) is 41.3 Å². The Hall–Kier alpha value is -2.97. The van der Waals surface area contributed by atoms with E-state index in [9.17, 15) is 8.42 Å². The number of rotatable bonds is 7. The molecule has 1 radical (unpaired) electrons. The summed E-state index contributed by atoms with van der Waals surface area (Å²) in [5.41, 5.74) is 0.345. The first-order chi connectivity index (χ1) is 14.1. The Bertz CT molecular complexity index is 1160. The molecule has 0 amide bonds. The van der Waals surface area contributed by atoms with Crippen LogP contribution in [-0.2, 0) is 30.3 Å². The fourth-order valence-corrected chi connectivity index (χ4v) is 3.38. The Morgan fingerprint density at radius 2 is 1.83 bits per heavy atom. The second-order valence-electron chi connectivity index (χ2n) is 5.18. The zero-order valence-corrected chi connectivity index (χ0v) is 26.7. The van der Waals surface area contributed by atoms with Gasteiger partial charge in [0.15, 0.2) is 15.1 Å². The van der Waals surface area contributed by atoms with Crippen molar-refractivity contribution in [2.24, 2.45) is 0 Å². The van der Waals surface area contributed by atoms with Crippen LogP contribution in [0.3, 0.4) is 0 Å². The van der Waals surface area contributed by atoms with Crippen molar-refractivity contribution in [2.75, 3.05) is 24.2 Å². The first-order valence-corrected chi connectivity index (χ1v) is 9.97. The summed E-state index contributed by atoms with van der Waals surface area (Å²) in [4.78, 5) is 23.7. The molecule has 0 atom stereocenters. The van der Waals surface area contributed by atoms with Crippen LogP contribution in [0.1, 0.15) is 2.74 Å². The molecule has 0 N–H and O–H groups in total. The maximum absolute atomic E-state index is 12.7. The molecule has 1 aromatic carbocycles. The molecule has 3 rings (SSSR count). The van der Waals surface area contributed by atoms with Crippen molar-refractivity contribution in [2.45, 2.75) is 4.90 Å². The number of anilines is 2. The van der Waals surface area contributed by atoms with Crippen molar-refractivity contribution in [3.05, 3.63) is 52.8 Å². The van der Waals surface area contributed by atoms with Crippen molar-refractivity contribution >= 4 is 50.6 Å². The summed E-state index contributed by atoms with van der Waals surface area (Å²) in [5, 5.41) is 3.58. The Morgan fingerprint density at radius 1 is 1.17 bits per heavy atom. The standard InChI is InChI=1S/C15H12Cl2N8O2S.Re.Rf/c1-25(15-22-9-20-13(17)24-15)10-3-2-4-11(7-10)28(26,27)6-5-18-14-21-8-19-12(16)23-14;;/h2,4,7-9H,5-6H2,1H3;;/q-2;;/i8D,9D;;. The van der Waals surface area contributed by atoms with Crippen LogP contribution in [-0.4, -0.2) is 57.7 Å². The largest absolute Gasteiger partial charge is 0.392 e. The van der Waals surface area contributed by atoms with Gasteiger partial charge in [0.05, 0.1) is 7.12 Å². The van der Waals surface area contributed by atoms with Crippen molar-refractivity contribution in [3.63, 3.8) is 0 Å². The predicted octanol–water partition coefficient (Wildman–Crippen LogP) is 2.41. The molecular weight excluding hydrogens is 880 g/mol. The molecule has 0 saturated heterocycles. The molecule has 155 valence electrons. The molecule has 0 saturated carbocycles. The molecule has 15 heteroatoms. The average molecular weight is 895 g/mol. The maximum atomic E-state index is 12.7. The Kier molecular flexibility index (Phi) is 7.76. The number of halogens is 2. The van der Waals surface area contributed by atoms with Gasteiger partial charge in [0.25, 0.3) is 0 Å². The zero-order valence-electron chi connectivity index (χ0n) is 17.3. The first-order valence-electron chi connectivity index (χ1n) is 8.56. The molecule has 30 heavy (non-hydrogen) atoms. The van der Waals surface area contributed by atoms with E-state index in [1.807, 2.05) is 0 Å². The van der Waals surface area contributed by atoms with Gasteiger partial charge in [0.1, 0.15) is 7.67 Å². The first kappa shape index (κ1) is 21.7. The number of benzene rings is 1. The minimum absolute atomic E-state index is 0. The van der Waals surface area contributed by atoms with Crippen LogP contribution in [0.2, 0.25) is 10.6 Å². The summed E-state index contributed by atoms with van der Waals surface area (Å²) in [6.45, 7) is -0.142. The predicted molar refractivity (Wildman–Crippen MR) is 103 cm³/mol. The van der Waals surface area contributed by atoms with Crippen molar-refractivity contribution in [1.82, 2.24) is 29.9 Å². The Morgan fingerprint density at radius 3 is 2.50 bits per heavy atom. The van der Waals surface area contributed by atoms with E-state index in [0.29, 0.717) is 5.69 Å². The molecule has 3 aromatic rings. The SMILES string of the molecule is [2H]c1nc(Cl)nc([N-]CCS(=O)(=O)c2cc[c-]c(N(C)c3nc([2H])nc(Cl)n3)c2)n1.[Re].[Rf]. The number of nitrogens with zero attached hydrogens (tertiary/aromatic N) is 8. The molecule has 0 unspecified atom stereocenters. The van der Waals surface area contributed by atoms with Gasteiger partial charge in [-0.15, -0.1) is 6.07 Å². The van der Waals surface area contributed by atoms with Crippen molar-refractivity contribution in [1.29, 1.82) is 0 Å². The minimum Gasteiger partial charge on any atom is -0.392 e. The quantitative estimate of drug-likeness (QED) is 0.329. The van der Waals surface area contributed by atoms with E-state index in [-0.39, 0.29) is 72.7 Å². The summed E-state index contributed by atoms with van der Waals surface area (Å²) >= 11 is 11.4. The molecule has 0 spiro atoms. The molecule has 0 aliphatic carbocycles. The molecule has 0 aliphatic rings. The second-order valence-corrected chi connectivity index (χ2v) is 7.96. The summed E-state index contributed by atoms with van der Waals surface area (Å²) in [6.07, 6.45) is -0.686. The van der Waals surface area contributed by atoms with E-state index >= 15 is 0 Å². The monoisotopic (exact) mass is 894 g/mol. The van der Waals surface area contributed by atoms with Crippen molar-refractivity contribution < 1.29 is 31.6 Å². The van der Waals surface area contributed by atoms with E-state index in [1.54, 1.807) is 7.05 Å². The van der Waals surface area contributed by atoms with Gasteiger partial charge in [-0.05, 0) is 23.0 Å². The van der Waals surface area contributed by atoms with E-state index in [4.69, 9.17) is 25.9 Å². The number of hydrogen-bond donors (Lipinski definition) is 0. The van der Waals surface area contributed by atoms with Gasteiger partial charge in [-0.25, -0.2) is 23.4 Å². The smallest absolute Gasteiger partial charge is 0.232 e. The third-order valence-corrected chi connectivity index (χ3v) is 5.39. The number of aromatic nitrogens is 6. The van der Waals surface area contributed by atoms with Crippen LogP contribution in [0, 0.1) is 6.07 Å². The summed E-state index contributed by atoms with van der Waals surface area (Å²) in [6, 6.07) is 7.11. The van der Waals surface area contributed by atoms with Crippen LogP contribution in [0.25, 0.3) is 5.32 Å². The van der Waals surface area contributed by atoms with E-state index in [1.165, 1.54) is 23.1 Å². The Labute approximate surface area is 193 Å². The van der Waals surface area contributed by atoms with Crippen LogP contribution >= 0.6 is 23.2 Å². The third-order valence-electron chi connectivity index (χ3n) is 3.36. The van der Waals surface area contributed by atoms with Gasteiger partial charge in [0, 0.05) is 39.7 Å². The van der Waals surface area contributed by atoms with Gasteiger partial charge in [0.2, 0.25) is 11.2 Å². The van der Waals surface area contributed by atoms with Gasteiger partial charge in [-0.2, -0.15) is 23.2 Å². The number of hydrogen-bond acceptors (Lipinski definition) is 9. The normalized spacial score (nSPS) is 11.4. The van der Waals surface area contributed by atoms with E-state index in [0.717, 1.165) is 0 Å². The zero-order chi connectivity index (χ0) is 21.9. The van der Waals surface area contributed by atoms with Crippen LogP contribution in [0.4, 0.5) is 17.6 Å². The molecule has 0 fully saturated rings. The van der Waals surface area contributed by atoms with Gasteiger partial charge < -0.3 is 20.2 Å². The van der Waals surface area contributed by atoms with Crippen molar-refractivity contribution in [3.8, 4) is 0 Å². The molecular formula is C15H12Cl2N8O2ReRfS-2. The summed E-state index contributed by atoms with van der Waals surface area (Å²) in [7, 11) is -2.14. The van der Waals surface area contributed by atoms with E-state index < -0.39 is 9.84 Å². The summed E-state index contributed by atoms with van der Waals surface area (Å²) in [5.74, 6) is -0.376. The van der Waals surface area contributed by atoms with Crippen LogP contribution < -0.4 is 4.90 Å². The molecule has 2 aromatic heterocycles. The maximum Gasteiger partial charge on any atom is 0.232 e. The second kappa shape index (κ2) is 10.7. The fraction of sp³-hybridized carbons (Fsp3) is 0.200. The average Bonchev–Trinajstić information content (AvgIpc) is 2.66.